The number of hydrogen-bond donors (Lipinski definition) is 4. The van der Waals surface area contributed by atoms with Gasteiger partial charge in [0, 0.05) is 50.4 Å². The summed E-state index contributed by atoms with van der Waals surface area (Å²) in [5.74, 6) is -1.66. The van der Waals surface area contributed by atoms with E-state index in [0.717, 1.165) is 5.69 Å². The van der Waals surface area contributed by atoms with Gasteiger partial charge in [-0.3, -0.25) is 14.8 Å². The van der Waals surface area contributed by atoms with E-state index in [1.165, 1.54) is 0 Å². The lowest BCUT2D eigenvalue weighted by Crippen LogP contribution is -2.61. The number of amides is 3. The van der Waals surface area contributed by atoms with Crippen molar-refractivity contribution in [2.45, 2.75) is 32.4 Å². The third kappa shape index (κ3) is 6.10. The molecular formula is C22H33N5O5. The van der Waals surface area contributed by atoms with Crippen LogP contribution in [0.2, 0.25) is 0 Å². The predicted molar refractivity (Wildman–Crippen MR) is 118 cm³/mol. The van der Waals surface area contributed by atoms with Gasteiger partial charge in [0.1, 0.15) is 0 Å². The van der Waals surface area contributed by atoms with Crippen LogP contribution in [0.25, 0.3) is 0 Å². The number of nitrogens with one attached hydrogen (secondary N) is 3. The first-order chi connectivity index (χ1) is 15.4. The number of piperazine rings is 1. The van der Waals surface area contributed by atoms with E-state index in [1.807, 2.05) is 44.2 Å². The number of hydrogen-bond acceptors (Lipinski definition) is 7. The van der Waals surface area contributed by atoms with Crippen molar-refractivity contribution in [2.75, 3.05) is 44.2 Å². The minimum absolute atomic E-state index is 0.0377. The van der Waals surface area contributed by atoms with Crippen LogP contribution in [0.4, 0.5) is 10.5 Å². The summed E-state index contributed by atoms with van der Waals surface area (Å²) in [6.45, 7) is 6.76. The minimum atomic E-state index is -0.754. The summed E-state index contributed by atoms with van der Waals surface area (Å²) in [6.07, 6.45) is -0.188. The molecule has 32 heavy (non-hydrogen) atoms. The first-order valence-corrected chi connectivity index (χ1v) is 11.1. The van der Waals surface area contributed by atoms with E-state index in [9.17, 15) is 19.6 Å². The van der Waals surface area contributed by atoms with E-state index in [0.29, 0.717) is 39.1 Å². The molecule has 4 N–H and O–H groups in total. The van der Waals surface area contributed by atoms with Crippen molar-refractivity contribution in [3.63, 3.8) is 0 Å². The Morgan fingerprint density at radius 1 is 1.16 bits per heavy atom. The van der Waals surface area contributed by atoms with Crippen molar-refractivity contribution in [1.82, 2.24) is 21.0 Å². The summed E-state index contributed by atoms with van der Waals surface area (Å²) < 4.78 is 5.23. The Morgan fingerprint density at radius 3 is 2.47 bits per heavy atom. The number of rotatable bonds is 6. The number of ether oxygens (including phenoxy) is 1. The van der Waals surface area contributed by atoms with Crippen LogP contribution in [0.5, 0.6) is 0 Å². The maximum atomic E-state index is 13.2. The largest absolute Gasteiger partial charge is 0.449 e. The molecule has 1 aromatic carbocycles. The Bertz CT molecular complexity index is 782. The molecule has 2 fully saturated rings. The lowest BCUT2D eigenvalue weighted by Gasteiger charge is -2.41. The lowest BCUT2D eigenvalue weighted by molar-refractivity contribution is -0.145. The summed E-state index contributed by atoms with van der Waals surface area (Å²) in [4.78, 5) is 41.3. The summed E-state index contributed by atoms with van der Waals surface area (Å²) in [6, 6.07) is 9.28. The van der Waals surface area contributed by atoms with Gasteiger partial charge < -0.3 is 25.2 Å². The van der Waals surface area contributed by atoms with Crippen LogP contribution in [-0.4, -0.2) is 79.4 Å². The molecule has 0 spiro atoms. The molecule has 10 heteroatoms. The molecule has 3 amide bonds. The van der Waals surface area contributed by atoms with Crippen LogP contribution >= 0.6 is 0 Å². The molecule has 0 aliphatic carbocycles. The number of hydroxylamine groups is 1. The number of nitrogens with zero attached hydrogens (tertiary/aromatic N) is 2. The van der Waals surface area contributed by atoms with Gasteiger partial charge in [-0.05, 0) is 32.4 Å². The molecule has 2 aliphatic heterocycles. The van der Waals surface area contributed by atoms with E-state index in [4.69, 9.17) is 4.74 Å². The number of carbonyl (C=O) groups excluding carboxylic acids is 3. The third-order valence-electron chi connectivity index (χ3n) is 5.90. The quantitative estimate of drug-likeness (QED) is 0.371. The highest BCUT2D eigenvalue weighted by Gasteiger charge is 2.41. The maximum absolute atomic E-state index is 13.2. The molecule has 1 aromatic rings. The molecule has 2 aliphatic rings. The standard InChI is InChI=1S/C22H33N5O5/c1-15(2)24-22(30)32-14-16-12-18(20(28)25-31)19(23-13-16)21(29)27-10-8-26(9-11-27)17-6-4-3-5-7-17/h3-7,15-16,18-19,23,31H,8-14H2,1-2H3,(H,24,30)(H,25,28)/t16-,18-,19-/m0/s1. The second-order valence-electron chi connectivity index (χ2n) is 8.62. The van der Waals surface area contributed by atoms with Gasteiger partial charge in [-0.2, -0.15) is 0 Å². The average Bonchev–Trinajstić information content (AvgIpc) is 2.82. The molecule has 2 heterocycles. The van der Waals surface area contributed by atoms with Gasteiger partial charge in [-0.15, -0.1) is 0 Å². The SMILES string of the molecule is CC(C)NC(=O)OC[C@@H]1CN[C@H](C(=O)N2CCN(c3ccccc3)CC2)[C@@H](C(=O)NO)C1. The Labute approximate surface area is 188 Å². The van der Waals surface area contributed by atoms with Crippen LogP contribution < -0.4 is 21.0 Å². The average molecular weight is 448 g/mol. The van der Waals surface area contributed by atoms with Gasteiger partial charge in [-0.25, -0.2) is 10.3 Å². The van der Waals surface area contributed by atoms with E-state index >= 15 is 0 Å². The zero-order valence-corrected chi connectivity index (χ0v) is 18.6. The van der Waals surface area contributed by atoms with Crippen molar-refractivity contribution >= 4 is 23.6 Å². The van der Waals surface area contributed by atoms with E-state index in [2.05, 4.69) is 15.5 Å². The predicted octanol–water partition coefficient (Wildman–Crippen LogP) is 0.570. The van der Waals surface area contributed by atoms with Gasteiger partial charge in [0.25, 0.3) is 0 Å². The number of carbonyl (C=O) groups is 3. The highest BCUT2D eigenvalue weighted by molar-refractivity contribution is 5.90. The Balaban J connectivity index is 1.56. The molecule has 0 aromatic heterocycles. The number of para-hydroxylation sites is 1. The highest BCUT2D eigenvalue weighted by atomic mass is 16.5. The van der Waals surface area contributed by atoms with E-state index < -0.39 is 24.0 Å². The van der Waals surface area contributed by atoms with Crippen molar-refractivity contribution in [1.29, 1.82) is 0 Å². The molecule has 2 saturated heterocycles. The van der Waals surface area contributed by atoms with Crippen molar-refractivity contribution in [2.24, 2.45) is 11.8 Å². The summed E-state index contributed by atoms with van der Waals surface area (Å²) in [7, 11) is 0. The first-order valence-electron chi connectivity index (χ1n) is 11.1. The number of benzene rings is 1. The summed E-state index contributed by atoms with van der Waals surface area (Å²) >= 11 is 0. The molecule has 0 radical (unpaired) electrons. The van der Waals surface area contributed by atoms with E-state index in [1.54, 1.807) is 10.4 Å². The van der Waals surface area contributed by atoms with Crippen LogP contribution in [0, 0.1) is 11.8 Å². The van der Waals surface area contributed by atoms with Crippen molar-refractivity contribution < 1.29 is 24.3 Å². The molecule has 3 atom stereocenters. The number of anilines is 1. The monoisotopic (exact) mass is 447 g/mol. The molecule has 176 valence electrons. The Hall–Kier alpha value is -2.85. The Kier molecular flexibility index (Phi) is 8.29. The topological polar surface area (TPSA) is 123 Å². The van der Waals surface area contributed by atoms with Crippen molar-refractivity contribution in [3.8, 4) is 0 Å². The second-order valence-corrected chi connectivity index (χ2v) is 8.62. The molecule has 0 bridgehead atoms. The number of piperidine rings is 1. The van der Waals surface area contributed by atoms with Gasteiger partial charge in [-0.1, -0.05) is 18.2 Å². The fraction of sp³-hybridized carbons (Fsp3) is 0.591. The lowest BCUT2D eigenvalue weighted by atomic mass is 9.83. The highest BCUT2D eigenvalue weighted by Crippen LogP contribution is 2.24. The maximum Gasteiger partial charge on any atom is 0.407 e. The fourth-order valence-corrected chi connectivity index (χ4v) is 4.23. The van der Waals surface area contributed by atoms with Crippen molar-refractivity contribution in [3.05, 3.63) is 30.3 Å². The molecule has 0 unspecified atom stereocenters. The molecule has 3 rings (SSSR count). The van der Waals surface area contributed by atoms with Gasteiger partial charge in [0.05, 0.1) is 18.6 Å². The fourth-order valence-electron chi connectivity index (χ4n) is 4.23. The van der Waals surface area contributed by atoms with Crippen LogP contribution in [0.15, 0.2) is 30.3 Å². The van der Waals surface area contributed by atoms with Crippen LogP contribution in [0.3, 0.4) is 0 Å². The van der Waals surface area contributed by atoms with E-state index in [-0.39, 0.29) is 24.5 Å². The zero-order valence-electron chi connectivity index (χ0n) is 18.6. The van der Waals surface area contributed by atoms with Crippen LogP contribution in [0.1, 0.15) is 20.3 Å². The Morgan fingerprint density at radius 2 is 1.84 bits per heavy atom. The van der Waals surface area contributed by atoms with Crippen LogP contribution in [-0.2, 0) is 14.3 Å². The minimum Gasteiger partial charge on any atom is -0.449 e. The molecule has 0 saturated carbocycles. The third-order valence-corrected chi connectivity index (χ3v) is 5.90. The van der Waals surface area contributed by atoms with Gasteiger partial charge >= 0.3 is 6.09 Å². The second kappa shape index (κ2) is 11.1. The number of alkyl carbamates (subject to hydrolysis) is 1. The van der Waals surface area contributed by atoms with Gasteiger partial charge in [0.2, 0.25) is 11.8 Å². The zero-order chi connectivity index (χ0) is 23.1. The molecule has 10 nitrogen and oxygen atoms in total. The first kappa shape index (κ1) is 23.8. The summed E-state index contributed by atoms with van der Waals surface area (Å²) in [5.41, 5.74) is 2.81. The smallest absolute Gasteiger partial charge is 0.407 e. The van der Waals surface area contributed by atoms with Gasteiger partial charge in [0.15, 0.2) is 0 Å². The normalized spacial score (nSPS) is 23.6. The molecular weight excluding hydrogens is 414 g/mol. The summed E-state index contributed by atoms with van der Waals surface area (Å²) in [5, 5.41) is 15.0.